The Hall–Kier alpha value is -0.580. The van der Waals surface area contributed by atoms with E-state index in [1.54, 1.807) is 5.56 Å². The molecule has 1 rings (SSSR count). The van der Waals surface area contributed by atoms with Crippen molar-refractivity contribution in [2.45, 2.75) is 84.5 Å². The molecule has 0 radical (unpaired) electrons. The van der Waals surface area contributed by atoms with E-state index in [9.17, 15) is 0 Å². The fourth-order valence-electron chi connectivity index (χ4n) is 6.42. The lowest BCUT2D eigenvalue weighted by Gasteiger charge is -2.28. The number of hydrogen-bond acceptors (Lipinski definition) is 8. The second kappa shape index (κ2) is 27.3. The highest BCUT2D eigenvalue weighted by atomic mass is 32.1. The number of nitrogens with zero attached hydrogens (tertiary/aromatic N) is 7. The summed E-state index contributed by atoms with van der Waals surface area (Å²) in [6.07, 6.45) is 14.3. The lowest BCUT2D eigenvalue weighted by atomic mass is 10.1. The van der Waals surface area contributed by atoms with Gasteiger partial charge in [-0.25, -0.2) is 0 Å². The molecule has 272 valence electrons. The first-order valence-corrected chi connectivity index (χ1v) is 19.6. The lowest BCUT2D eigenvalue weighted by Crippen LogP contribution is -2.36. The van der Waals surface area contributed by atoms with Crippen molar-refractivity contribution in [2.75, 3.05) is 141 Å². The van der Waals surface area contributed by atoms with Crippen LogP contribution in [0.5, 0.6) is 0 Å². The van der Waals surface area contributed by atoms with E-state index < -0.39 is 0 Å². The Balaban J connectivity index is 2.65. The second-order valence-corrected chi connectivity index (χ2v) is 16.4. The van der Waals surface area contributed by atoms with Crippen LogP contribution in [-0.2, 0) is 6.42 Å². The van der Waals surface area contributed by atoms with Crippen LogP contribution in [0.3, 0.4) is 0 Å². The Morgan fingerprint density at radius 3 is 1.00 bits per heavy atom. The summed E-state index contributed by atoms with van der Waals surface area (Å²) in [5.74, 6) is 0. The van der Waals surface area contributed by atoms with E-state index in [4.69, 9.17) is 0 Å². The van der Waals surface area contributed by atoms with Gasteiger partial charge in [0.05, 0.1) is 0 Å². The molecule has 0 saturated heterocycles. The highest BCUT2D eigenvalue weighted by Crippen LogP contribution is 2.22. The monoisotopic (exact) mass is 666 g/mol. The van der Waals surface area contributed by atoms with E-state index in [2.05, 4.69) is 111 Å². The molecule has 46 heavy (non-hydrogen) atoms. The van der Waals surface area contributed by atoms with E-state index in [0.717, 1.165) is 0 Å². The maximum atomic E-state index is 2.82. The Kier molecular flexibility index (Phi) is 25.8. The van der Waals surface area contributed by atoms with Crippen LogP contribution in [0.25, 0.3) is 0 Å². The predicted molar refractivity (Wildman–Crippen MR) is 207 cm³/mol. The van der Waals surface area contributed by atoms with Crippen molar-refractivity contribution in [1.82, 2.24) is 34.3 Å². The van der Waals surface area contributed by atoms with Crippen LogP contribution in [-0.4, -0.2) is 176 Å². The molecule has 0 N–H and O–H groups in total. The molecule has 0 atom stereocenters. The minimum absolute atomic E-state index is 1.18. The van der Waals surface area contributed by atoms with Crippen molar-refractivity contribution in [3.8, 4) is 0 Å². The van der Waals surface area contributed by atoms with Crippen LogP contribution >= 0.6 is 11.3 Å². The van der Waals surface area contributed by atoms with Crippen LogP contribution in [0, 0.1) is 13.8 Å². The number of hydrogen-bond donors (Lipinski definition) is 0. The Labute approximate surface area is 292 Å². The topological polar surface area (TPSA) is 22.7 Å². The second-order valence-electron chi connectivity index (χ2n) is 15.0. The summed E-state index contributed by atoms with van der Waals surface area (Å²) in [6.45, 7) is 20.4. The van der Waals surface area contributed by atoms with Gasteiger partial charge < -0.3 is 34.3 Å². The molecule has 0 aliphatic carbocycles. The summed E-state index contributed by atoms with van der Waals surface area (Å²) in [6, 6.07) is 2.41. The third-order valence-electron chi connectivity index (χ3n) is 9.03. The van der Waals surface area contributed by atoms with E-state index in [0.29, 0.717) is 0 Å². The quantitative estimate of drug-likeness (QED) is 0.0902. The van der Waals surface area contributed by atoms with Gasteiger partial charge in [-0.15, -0.1) is 11.3 Å². The van der Waals surface area contributed by atoms with E-state index in [-0.39, 0.29) is 0 Å². The predicted octanol–water partition coefficient (Wildman–Crippen LogP) is 5.96. The first-order chi connectivity index (χ1) is 22.0. The zero-order valence-electron chi connectivity index (χ0n) is 32.6. The number of thiophene rings is 1. The summed E-state index contributed by atoms with van der Waals surface area (Å²) in [7, 11) is 17.6. The molecule has 0 aliphatic rings. The lowest BCUT2D eigenvalue weighted by molar-refractivity contribution is 0.194. The van der Waals surface area contributed by atoms with Crippen LogP contribution in [0.15, 0.2) is 6.07 Å². The van der Waals surface area contributed by atoms with Gasteiger partial charge in [0.15, 0.2) is 0 Å². The van der Waals surface area contributed by atoms with Crippen molar-refractivity contribution in [2.24, 2.45) is 0 Å². The molecule has 0 aromatic carbocycles. The Bertz CT molecular complexity index is 760. The van der Waals surface area contributed by atoms with Crippen LogP contribution < -0.4 is 0 Å². The standard InChI is InChI=1S/C38H79N7S/c1-36-35-38(37(2)46-36)21-13-11-12-14-26-43(31-19-33-44(27-15-22-39(3)4)28-16-23-40(5)6)32-20-34-45(29-17-24-41(7)8)30-18-25-42(9)10/h35H,11-34H2,1-10H3. The molecular formula is C38H79N7S. The first kappa shape index (κ1) is 43.4. The average Bonchev–Trinajstić information content (AvgIpc) is 3.29. The van der Waals surface area contributed by atoms with Gasteiger partial charge in [-0.3, -0.25) is 0 Å². The molecule has 0 saturated carbocycles. The smallest absolute Gasteiger partial charge is 0.00490 e. The molecule has 1 heterocycles. The molecule has 0 bridgehead atoms. The van der Waals surface area contributed by atoms with Gasteiger partial charge in [-0.2, -0.15) is 0 Å². The molecule has 0 fully saturated rings. The third kappa shape index (κ3) is 24.5. The Morgan fingerprint density at radius 1 is 0.391 bits per heavy atom. The number of aryl methyl sites for hydroxylation is 3. The Morgan fingerprint density at radius 2 is 0.696 bits per heavy atom. The van der Waals surface area contributed by atoms with E-state index in [1.807, 2.05) is 11.3 Å². The molecular weight excluding hydrogens is 587 g/mol. The largest absolute Gasteiger partial charge is 0.309 e. The highest BCUT2D eigenvalue weighted by molar-refractivity contribution is 7.12. The third-order valence-corrected chi connectivity index (χ3v) is 10.0. The molecule has 7 nitrogen and oxygen atoms in total. The number of unbranched alkanes of at least 4 members (excludes halogenated alkanes) is 3. The fraction of sp³-hybridized carbons (Fsp3) is 0.895. The van der Waals surface area contributed by atoms with E-state index >= 15 is 0 Å². The maximum Gasteiger partial charge on any atom is 0.00490 e. The van der Waals surface area contributed by atoms with Gasteiger partial charge in [-0.05, 0) is 225 Å². The average molecular weight is 666 g/mol. The van der Waals surface area contributed by atoms with Gasteiger partial charge in [-0.1, -0.05) is 12.8 Å². The summed E-state index contributed by atoms with van der Waals surface area (Å²) in [5.41, 5.74) is 1.59. The summed E-state index contributed by atoms with van der Waals surface area (Å²) in [5, 5.41) is 0. The van der Waals surface area contributed by atoms with Crippen LogP contribution in [0.2, 0.25) is 0 Å². The van der Waals surface area contributed by atoms with Gasteiger partial charge in [0.25, 0.3) is 0 Å². The molecule has 0 amide bonds. The van der Waals surface area contributed by atoms with Gasteiger partial charge in [0, 0.05) is 9.75 Å². The molecule has 1 aromatic rings. The minimum Gasteiger partial charge on any atom is -0.309 e. The zero-order chi connectivity index (χ0) is 34.2. The summed E-state index contributed by atoms with van der Waals surface area (Å²) < 4.78 is 0. The summed E-state index contributed by atoms with van der Waals surface area (Å²) >= 11 is 1.96. The highest BCUT2D eigenvalue weighted by Gasteiger charge is 2.12. The van der Waals surface area contributed by atoms with Crippen molar-refractivity contribution in [1.29, 1.82) is 0 Å². The number of rotatable bonds is 31. The SMILES string of the molecule is Cc1cc(CCCCCCN(CCCN(CCCN(C)C)CCCN(C)C)CCCN(CCCN(C)C)CCCN(C)C)c(C)s1. The zero-order valence-corrected chi connectivity index (χ0v) is 33.4. The molecule has 0 aliphatic heterocycles. The normalized spacial score (nSPS) is 12.5. The maximum absolute atomic E-state index is 2.82. The van der Waals surface area contributed by atoms with E-state index in [1.165, 1.54) is 165 Å². The fourth-order valence-corrected chi connectivity index (χ4v) is 7.40. The molecule has 8 heteroatoms. The van der Waals surface area contributed by atoms with Crippen molar-refractivity contribution >= 4 is 11.3 Å². The minimum atomic E-state index is 1.18. The van der Waals surface area contributed by atoms with Gasteiger partial charge in [0.2, 0.25) is 0 Å². The molecule has 0 spiro atoms. The van der Waals surface area contributed by atoms with Crippen molar-refractivity contribution < 1.29 is 0 Å². The van der Waals surface area contributed by atoms with Crippen LogP contribution in [0.1, 0.15) is 79.5 Å². The molecule has 0 unspecified atom stereocenters. The van der Waals surface area contributed by atoms with Gasteiger partial charge in [0.1, 0.15) is 0 Å². The van der Waals surface area contributed by atoms with Gasteiger partial charge >= 0.3 is 0 Å². The summed E-state index contributed by atoms with van der Waals surface area (Å²) in [4.78, 5) is 20.6. The molecule has 1 aromatic heterocycles. The first-order valence-electron chi connectivity index (χ1n) is 18.8. The van der Waals surface area contributed by atoms with Crippen molar-refractivity contribution in [3.05, 3.63) is 21.4 Å². The van der Waals surface area contributed by atoms with Crippen LogP contribution in [0.4, 0.5) is 0 Å². The van der Waals surface area contributed by atoms with Crippen molar-refractivity contribution in [3.63, 3.8) is 0 Å².